The van der Waals surface area contributed by atoms with Gasteiger partial charge < -0.3 is 9.73 Å². The van der Waals surface area contributed by atoms with Gasteiger partial charge in [0.05, 0.1) is 12.8 Å². The maximum atomic E-state index is 5.19. The Morgan fingerprint density at radius 3 is 2.88 bits per heavy atom. The Hall–Kier alpha value is -1.36. The summed E-state index contributed by atoms with van der Waals surface area (Å²) in [6, 6.07) is 3.76. The van der Waals surface area contributed by atoms with E-state index in [-0.39, 0.29) is 0 Å². The molecular formula is C12H17N3OS. The van der Waals surface area contributed by atoms with Crippen molar-refractivity contribution in [1.29, 1.82) is 0 Å². The van der Waals surface area contributed by atoms with Crippen molar-refractivity contribution in [2.75, 3.05) is 0 Å². The first kappa shape index (κ1) is 12.1. The van der Waals surface area contributed by atoms with Crippen LogP contribution in [-0.2, 0) is 6.54 Å². The third-order valence-electron chi connectivity index (χ3n) is 2.75. The fourth-order valence-electron chi connectivity index (χ4n) is 1.82. The molecule has 5 heteroatoms. The number of rotatable bonds is 3. The van der Waals surface area contributed by atoms with Gasteiger partial charge in [0.25, 0.3) is 0 Å². The van der Waals surface area contributed by atoms with Crippen molar-refractivity contribution >= 4 is 23.0 Å². The molecule has 2 N–H and O–H groups in total. The lowest BCUT2D eigenvalue weighted by Gasteiger charge is -2.13. The van der Waals surface area contributed by atoms with E-state index in [1.165, 1.54) is 25.0 Å². The molecule has 1 aliphatic carbocycles. The van der Waals surface area contributed by atoms with Gasteiger partial charge in [0.1, 0.15) is 5.76 Å². The highest BCUT2D eigenvalue weighted by atomic mass is 32.1. The zero-order valence-corrected chi connectivity index (χ0v) is 10.6. The summed E-state index contributed by atoms with van der Waals surface area (Å²) in [4.78, 5) is 0. The molecule has 0 spiro atoms. The average Bonchev–Trinajstić information content (AvgIpc) is 2.88. The average molecular weight is 251 g/mol. The van der Waals surface area contributed by atoms with Gasteiger partial charge in [0.2, 0.25) is 0 Å². The molecule has 2 rings (SSSR count). The first-order chi connectivity index (χ1) is 8.34. The van der Waals surface area contributed by atoms with E-state index >= 15 is 0 Å². The van der Waals surface area contributed by atoms with Crippen molar-refractivity contribution < 1.29 is 4.42 Å². The molecule has 1 saturated carbocycles. The first-order valence-electron chi connectivity index (χ1n) is 5.96. The van der Waals surface area contributed by atoms with E-state index in [9.17, 15) is 0 Å². The Balaban J connectivity index is 1.70. The molecule has 92 valence electrons. The largest absolute Gasteiger partial charge is 0.467 e. The summed E-state index contributed by atoms with van der Waals surface area (Å²) in [5, 5.41) is 7.90. The van der Waals surface area contributed by atoms with Gasteiger partial charge in [0, 0.05) is 5.71 Å². The minimum Gasteiger partial charge on any atom is -0.467 e. The lowest BCUT2D eigenvalue weighted by Crippen LogP contribution is -2.32. The van der Waals surface area contributed by atoms with Gasteiger partial charge in [-0.3, -0.25) is 5.43 Å². The molecule has 0 aliphatic heterocycles. The van der Waals surface area contributed by atoms with Crippen LogP contribution in [0.15, 0.2) is 27.9 Å². The van der Waals surface area contributed by atoms with E-state index < -0.39 is 0 Å². The normalized spacial score (nSPS) is 15.4. The van der Waals surface area contributed by atoms with Gasteiger partial charge in [-0.05, 0) is 50.0 Å². The van der Waals surface area contributed by atoms with Crippen molar-refractivity contribution in [2.24, 2.45) is 5.10 Å². The first-order valence-corrected chi connectivity index (χ1v) is 6.37. The molecular weight excluding hydrogens is 234 g/mol. The second kappa shape index (κ2) is 6.39. The summed E-state index contributed by atoms with van der Waals surface area (Å²) < 4.78 is 5.19. The number of hydrogen-bond acceptors (Lipinski definition) is 3. The molecule has 0 unspecified atom stereocenters. The lowest BCUT2D eigenvalue weighted by atomic mass is 9.99. The summed E-state index contributed by atoms with van der Waals surface area (Å²) in [6.45, 7) is 0.587. The Bertz CT molecular complexity index is 378. The van der Waals surface area contributed by atoms with E-state index in [0.29, 0.717) is 11.7 Å². The zero-order chi connectivity index (χ0) is 11.9. The van der Waals surface area contributed by atoms with Crippen LogP contribution in [0.1, 0.15) is 37.9 Å². The van der Waals surface area contributed by atoms with Crippen LogP contribution in [0, 0.1) is 0 Å². The quantitative estimate of drug-likeness (QED) is 0.640. The Labute approximate surface area is 106 Å². The van der Waals surface area contributed by atoms with Crippen LogP contribution < -0.4 is 10.7 Å². The standard InChI is InChI=1S/C12H17N3OS/c17-12(13-9-11-7-4-8-16-11)15-14-10-5-2-1-3-6-10/h4,7-8H,1-3,5-6,9H2,(H2,13,15,17). The summed E-state index contributed by atoms with van der Waals surface area (Å²) in [5.74, 6) is 0.861. The summed E-state index contributed by atoms with van der Waals surface area (Å²) in [7, 11) is 0. The summed E-state index contributed by atoms with van der Waals surface area (Å²) in [6.07, 6.45) is 7.64. The van der Waals surface area contributed by atoms with Crippen molar-refractivity contribution in [2.45, 2.75) is 38.6 Å². The molecule has 1 heterocycles. The zero-order valence-electron chi connectivity index (χ0n) is 9.74. The van der Waals surface area contributed by atoms with Crippen molar-refractivity contribution in [1.82, 2.24) is 10.7 Å². The van der Waals surface area contributed by atoms with Gasteiger partial charge in [-0.25, -0.2) is 0 Å². The minimum atomic E-state index is 0.541. The second-order valence-electron chi connectivity index (χ2n) is 4.11. The number of furan rings is 1. The van der Waals surface area contributed by atoms with Gasteiger partial charge in [-0.2, -0.15) is 5.10 Å². The third kappa shape index (κ3) is 4.19. The number of hydrazone groups is 1. The van der Waals surface area contributed by atoms with Crippen molar-refractivity contribution in [3.05, 3.63) is 24.2 Å². The third-order valence-corrected chi connectivity index (χ3v) is 2.99. The molecule has 4 nitrogen and oxygen atoms in total. The minimum absolute atomic E-state index is 0.541. The highest BCUT2D eigenvalue weighted by molar-refractivity contribution is 7.80. The Morgan fingerprint density at radius 1 is 1.35 bits per heavy atom. The highest BCUT2D eigenvalue weighted by Crippen LogP contribution is 2.14. The predicted molar refractivity (Wildman–Crippen MR) is 71.8 cm³/mol. The summed E-state index contributed by atoms with van der Waals surface area (Å²) in [5.41, 5.74) is 4.10. The van der Waals surface area contributed by atoms with E-state index in [0.717, 1.165) is 18.6 Å². The topological polar surface area (TPSA) is 49.6 Å². The van der Waals surface area contributed by atoms with Crippen LogP contribution in [0.25, 0.3) is 0 Å². The van der Waals surface area contributed by atoms with Gasteiger partial charge in [-0.1, -0.05) is 6.42 Å². The summed E-state index contributed by atoms with van der Waals surface area (Å²) >= 11 is 5.12. The molecule has 17 heavy (non-hydrogen) atoms. The van der Waals surface area contributed by atoms with Crippen LogP contribution in [-0.4, -0.2) is 10.8 Å². The Kier molecular flexibility index (Phi) is 4.55. The Morgan fingerprint density at radius 2 is 2.18 bits per heavy atom. The number of nitrogens with one attached hydrogen (secondary N) is 2. The van der Waals surface area contributed by atoms with Gasteiger partial charge in [0.15, 0.2) is 5.11 Å². The molecule has 1 aromatic heterocycles. The fourth-order valence-corrected chi connectivity index (χ4v) is 1.94. The smallest absolute Gasteiger partial charge is 0.187 e. The number of nitrogens with zero attached hydrogens (tertiary/aromatic N) is 1. The molecule has 0 radical (unpaired) electrons. The number of thiocarbonyl (C=S) groups is 1. The van der Waals surface area contributed by atoms with Crippen LogP contribution in [0.3, 0.4) is 0 Å². The molecule has 0 bridgehead atoms. The fraction of sp³-hybridized carbons (Fsp3) is 0.500. The van der Waals surface area contributed by atoms with Crippen molar-refractivity contribution in [3.63, 3.8) is 0 Å². The molecule has 1 aromatic rings. The van der Waals surface area contributed by atoms with Crippen molar-refractivity contribution in [3.8, 4) is 0 Å². The van der Waals surface area contributed by atoms with Crippen LogP contribution in [0.2, 0.25) is 0 Å². The second-order valence-corrected chi connectivity index (χ2v) is 4.52. The molecule has 0 amide bonds. The maximum Gasteiger partial charge on any atom is 0.187 e. The maximum absolute atomic E-state index is 5.19. The van der Waals surface area contributed by atoms with E-state index in [1.807, 2.05) is 12.1 Å². The molecule has 1 aliphatic rings. The van der Waals surface area contributed by atoms with Gasteiger partial charge in [-0.15, -0.1) is 0 Å². The van der Waals surface area contributed by atoms with Crippen LogP contribution >= 0.6 is 12.2 Å². The molecule has 0 aromatic carbocycles. The molecule has 0 atom stereocenters. The lowest BCUT2D eigenvalue weighted by molar-refractivity contribution is 0.502. The molecule has 1 fully saturated rings. The number of hydrogen-bond donors (Lipinski definition) is 2. The van der Waals surface area contributed by atoms with Crippen LogP contribution in [0.5, 0.6) is 0 Å². The van der Waals surface area contributed by atoms with Gasteiger partial charge >= 0.3 is 0 Å². The van der Waals surface area contributed by atoms with Crippen LogP contribution in [0.4, 0.5) is 0 Å². The van der Waals surface area contributed by atoms with E-state index in [2.05, 4.69) is 15.8 Å². The van der Waals surface area contributed by atoms with E-state index in [4.69, 9.17) is 16.6 Å². The van der Waals surface area contributed by atoms with E-state index in [1.54, 1.807) is 6.26 Å². The monoisotopic (exact) mass is 251 g/mol. The SMILES string of the molecule is S=C(NCc1ccco1)NN=C1CCCCC1. The predicted octanol–water partition coefficient (Wildman–Crippen LogP) is 2.56. The highest BCUT2D eigenvalue weighted by Gasteiger charge is 2.06. The molecule has 0 saturated heterocycles.